The Balaban J connectivity index is 1.66. The number of nitrogens with zero attached hydrogens (tertiary/aromatic N) is 2. The van der Waals surface area contributed by atoms with Crippen LogP contribution in [0.2, 0.25) is 5.02 Å². The maximum atomic E-state index is 13.2. The summed E-state index contributed by atoms with van der Waals surface area (Å²) < 4.78 is 13.2. The summed E-state index contributed by atoms with van der Waals surface area (Å²) in [4.78, 5) is 20.5. The van der Waals surface area contributed by atoms with Crippen LogP contribution >= 0.6 is 11.6 Å². The first kappa shape index (κ1) is 17.8. The summed E-state index contributed by atoms with van der Waals surface area (Å²) in [7, 11) is 0. The largest absolute Gasteiger partial charge is 0.347 e. The third-order valence-electron chi connectivity index (χ3n) is 3.64. The molecule has 0 saturated heterocycles. The molecule has 1 aromatic heterocycles. The van der Waals surface area contributed by atoms with Gasteiger partial charge in [-0.25, -0.2) is 14.4 Å². The number of aryl methyl sites for hydroxylation is 1. The number of nitrogens with one attached hydrogen (secondary N) is 2. The molecule has 2 N–H and O–H groups in total. The van der Waals surface area contributed by atoms with Crippen molar-refractivity contribution in [2.75, 3.05) is 5.32 Å². The van der Waals surface area contributed by atoms with Gasteiger partial charge in [0.1, 0.15) is 11.5 Å². The van der Waals surface area contributed by atoms with Gasteiger partial charge in [-0.1, -0.05) is 41.4 Å². The molecule has 3 aromatic rings. The molecule has 26 heavy (non-hydrogen) atoms. The summed E-state index contributed by atoms with van der Waals surface area (Å²) in [6.07, 6.45) is 1.47. The number of halogens is 2. The van der Waals surface area contributed by atoms with Crippen LogP contribution in [0.4, 0.5) is 16.0 Å². The van der Waals surface area contributed by atoms with Crippen LogP contribution in [0.1, 0.15) is 21.6 Å². The second-order valence-electron chi connectivity index (χ2n) is 5.69. The molecule has 0 aliphatic rings. The van der Waals surface area contributed by atoms with E-state index in [2.05, 4.69) is 20.6 Å². The lowest BCUT2D eigenvalue weighted by atomic mass is 10.1. The molecule has 0 saturated carbocycles. The van der Waals surface area contributed by atoms with E-state index in [9.17, 15) is 9.18 Å². The smallest absolute Gasteiger partial charge is 0.270 e. The molecule has 2 aromatic carbocycles. The minimum absolute atomic E-state index is 0.0120. The maximum Gasteiger partial charge on any atom is 0.270 e. The van der Waals surface area contributed by atoms with E-state index in [0.29, 0.717) is 12.2 Å². The number of amides is 1. The van der Waals surface area contributed by atoms with Gasteiger partial charge in [-0.05, 0) is 36.8 Å². The van der Waals surface area contributed by atoms with E-state index in [1.54, 1.807) is 0 Å². The highest BCUT2D eigenvalue weighted by atomic mass is 35.5. The fourth-order valence-electron chi connectivity index (χ4n) is 2.23. The molecule has 0 aliphatic carbocycles. The van der Waals surface area contributed by atoms with Crippen molar-refractivity contribution >= 4 is 29.1 Å². The highest BCUT2D eigenvalue weighted by Crippen LogP contribution is 2.21. The van der Waals surface area contributed by atoms with Gasteiger partial charge in [0, 0.05) is 18.4 Å². The first-order valence-electron chi connectivity index (χ1n) is 7.90. The molecule has 5 nitrogen and oxygen atoms in total. The first-order valence-corrected chi connectivity index (χ1v) is 8.28. The van der Waals surface area contributed by atoms with Crippen LogP contribution in [-0.4, -0.2) is 15.9 Å². The van der Waals surface area contributed by atoms with Crippen molar-refractivity contribution in [1.82, 2.24) is 15.3 Å². The normalized spacial score (nSPS) is 10.4. The Morgan fingerprint density at radius 2 is 1.92 bits per heavy atom. The molecule has 0 atom stereocenters. The Bertz CT molecular complexity index is 931. The molecular formula is C19H16ClFN4O. The molecule has 0 aliphatic heterocycles. The molecule has 0 radical (unpaired) electrons. The van der Waals surface area contributed by atoms with Crippen LogP contribution in [0.15, 0.2) is 54.7 Å². The summed E-state index contributed by atoms with van der Waals surface area (Å²) in [5.41, 5.74) is 2.90. The minimum atomic E-state index is -0.512. The maximum absolute atomic E-state index is 13.2. The molecule has 3 rings (SSSR count). The van der Waals surface area contributed by atoms with Crippen LogP contribution in [0.25, 0.3) is 0 Å². The number of carbonyl (C=O) groups is 1. The number of benzene rings is 2. The predicted octanol–water partition coefficient (Wildman–Crippen LogP) is 4.25. The lowest BCUT2D eigenvalue weighted by molar-refractivity contribution is 0.0946. The Labute approximate surface area is 155 Å². The van der Waals surface area contributed by atoms with Crippen molar-refractivity contribution in [3.8, 4) is 0 Å². The Kier molecular flexibility index (Phi) is 5.43. The Morgan fingerprint density at radius 3 is 2.65 bits per heavy atom. The molecule has 0 bridgehead atoms. The fraction of sp³-hybridized carbons (Fsp3) is 0.105. The highest BCUT2D eigenvalue weighted by molar-refractivity contribution is 6.31. The van der Waals surface area contributed by atoms with Gasteiger partial charge < -0.3 is 10.6 Å². The number of aromatic nitrogens is 2. The van der Waals surface area contributed by atoms with Gasteiger partial charge in [-0.15, -0.1) is 0 Å². The number of hydrogen-bond acceptors (Lipinski definition) is 4. The number of hydrogen-bond donors (Lipinski definition) is 2. The average Bonchev–Trinajstić information content (AvgIpc) is 2.64. The summed E-state index contributed by atoms with van der Waals surface area (Å²) in [6, 6.07) is 13.6. The summed E-state index contributed by atoms with van der Waals surface area (Å²) in [5.74, 6) is -0.605. The van der Waals surface area contributed by atoms with Crippen LogP contribution < -0.4 is 10.6 Å². The Hall–Kier alpha value is -2.99. The second kappa shape index (κ2) is 7.93. The van der Waals surface area contributed by atoms with Gasteiger partial charge in [0.2, 0.25) is 5.95 Å². The summed E-state index contributed by atoms with van der Waals surface area (Å²) >= 11 is 5.75. The summed E-state index contributed by atoms with van der Waals surface area (Å²) in [5, 5.41) is 5.70. The zero-order valence-electron chi connectivity index (χ0n) is 14.0. The lowest BCUT2D eigenvalue weighted by Crippen LogP contribution is -2.24. The SMILES string of the molecule is Cc1ccc(CNC(=O)c2ccnc(Nc3ccc(F)c(Cl)c3)n2)cc1. The van der Waals surface area contributed by atoms with Crippen molar-refractivity contribution in [1.29, 1.82) is 0 Å². The standard InChI is InChI=1S/C19H16ClFN4O/c1-12-2-4-13(5-3-12)11-23-18(26)17-8-9-22-19(25-17)24-14-6-7-16(21)15(20)10-14/h2-10H,11H2,1H3,(H,23,26)(H,22,24,25). The third-order valence-corrected chi connectivity index (χ3v) is 3.93. The molecule has 132 valence electrons. The van der Waals surface area contributed by atoms with Crippen molar-refractivity contribution in [3.05, 3.63) is 82.4 Å². The number of anilines is 2. The van der Waals surface area contributed by atoms with E-state index in [4.69, 9.17) is 11.6 Å². The zero-order chi connectivity index (χ0) is 18.5. The molecule has 0 fully saturated rings. The van der Waals surface area contributed by atoms with E-state index < -0.39 is 5.82 Å². The first-order chi connectivity index (χ1) is 12.5. The van der Waals surface area contributed by atoms with Crippen molar-refractivity contribution in [2.24, 2.45) is 0 Å². The van der Waals surface area contributed by atoms with Gasteiger partial charge in [-0.2, -0.15) is 0 Å². The van der Waals surface area contributed by atoms with Gasteiger partial charge in [0.05, 0.1) is 5.02 Å². The van der Waals surface area contributed by atoms with Gasteiger partial charge >= 0.3 is 0 Å². The second-order valence-corrected chi connectivity index (χ2v) is 6.09. The van der Waals surface area contributed by atoms with Gasteiger partial charge in [0.25, 0.3) is 5.91 Å². The molecule has 7 heteroatoms. The Morgan fingerprint density at radius 1 is 1.15 bits per heavy atom. The molecule has 0 spiro atoms. The van der Waals surface area contributed by atoms with Crippen LogP contribution in [0.3, 0.4) is 0 Å². The topological polar surface area (TPSA) is 66.9 Å². The van der Waals surface area contributed by atoms with Crippen molar-refractivity contribution in [3.63, 3.8) is 0 Å². The molecule has 1 heterocycles. The van der Waals surface area contributed by atoms with Gasteiger partial charge in [-0.3, -0.25) is 4.79 Å². The third kappa shape index (κ3) is 4.55. The zero-order valence-corrected chi connectivity index (χ0v) is 14.7. The van der Waals surface area contributed by atoms with Crippen molar-refractivity contribution < 1.29 is 9.18 Å². The number of carbonyl (C=O) groups excluding carboxylic acids is 1. The van der Waals surface area contributed by atoms with Crippen molar-refractivity contribution in [2.45, 2.75) is 13.5 Å². The molecule has 0 unspecified atom stereocenters. The van der Waals surface area contributed by atoms with E-state index in [1.807, 2.05) is 31.2 Å². The van der Waals surface area contributed by atoms with E-state index in [-0.39, 0.29) is 22.6 Å². The minimum Gasteiger partial charge on any atom is -0.347 e. The lowest BCUT2D eigenvalue weighted by Gasteiger charge is -2.08. The van der Waals surface area contributed by atoms with Crippen LogP contribution in [0.5, 0.6) is 0 Å². The predicted molar refractivity (Wildman–Crippen MR) is 99.1 cm³/mol. The summed E-state index contributed by atoms with van der Waals surface area (Å²) in [6.45, 7) is 2.41. The van der Waals surface area contributed by atoms with E-state index in [0.717, 1.165) is 11.1 Å². The molecule has 1 amide bonds. The van der Waals surface area contributed by atoms with E-state index >= 15 is 0 Å². The fourth-order valence-corrected chi connectivity index (χ4v) is 2.41. The van der Waals surface area contributed by atoms with E-state index in [1.165, 1.54) is 30.5 Å². The number of rotatable bonds is 5. The quantitative estimate of drug-likeness (QED) is 0.704. The monoisotopic (exact) mass is 370 g/mol. The van der Waals surface area contributed by atoms with Crippen LogP contribution in [0, 0.1) is 12.7 Å². The van der Waals surface area contributed by atoms with Gasteiger partial charge in [0.15, 0.2) is 0 Å². The van der Waals surface area contributed by atoms with Crippen LogP contribution in [-0.2, 0) is 6.54 Å². The average molecular weight is 371 g/mol. The highest BCUT2D eigenvalue weighted by Gasteiger charge is 2.09. The molecular weight excluding hydrogens is 355 g/mol.